The molecule has 22 heavy (non-hydrogen) atoms. The van der Waals surface area contributed by atoms with Gasteiger partial charge in [0.2, 0.25) is 0 Å². The van der Waals surface area contributed by atoms with Gasteiger partial charge >= 0.3 is 5.97 Å². The minimum Gasteiger partial charge on any atom is -0.467 e. The average Bonchev–Trinajstić information content (AvgIpc) is 3.06. The highest BCUT2D eigenvalue weighted by Gasteiger charge is 2.25. The molecule has 0 radical (unpaired) electrons. The van der Waals surface area contributed by atoms with Gasteiger partial charge in [-0.05, 0) is 34.5 Å². The van der Waals surface area contributed by atoms with E-state index in [0.29, 0.717) is 11.3 Å². The molecule has 8 nitrogen and oxygen atoms in total. The van der Waals surface area contributed by atoms with E-state index in [1.54, 1.807) is 24.3 Å². The normalized spacial score (nSPS) is 12.0. The Balaban J connectivity index is 2.19. The summed E-state index contributed by atoms with van der Waals surface area (Å²) in [6.45, 7) is 3.67. The van der Waals surface area contributed by atoms with Crippen molar-refractivity contribution in [2.75, 3.05) is 7.11 Å². The van der Waals surface area contributed by atoms with Crippen LogP contribution in [0.1, 0.15) is 24.2 Å². The molecule has 0 spiro atoms. The fourth-order valence-corrected chi connectivity index (χ4v) is 1.92. The van der Waals surface area contributed by atoms with Crippen molar-refractivity contribution in [1.82, 2.24) is 25.5 Å². The van der Waals surface area contributed by atoms with Gasteiger partial charge in [0.05, 0.1) is 12.8 Å². The Morgan fingerprint density at radius 2 is 2.09 bits per heavy atom. The van der Waals surface area contributed by atoms with Gasteiger partial charge in [-0.3, -0.25) is 4.79 Å². The number of aromatic nitrogens is 4. The highest BCUT2D eigenvalue weighted by Crippen LogP contribution is 2.10. The smallest absolute Gasteiger partial charge is 0.328 e. The standard InChI is InChI=1S/C14H17N5O3/c1-9(2)12(14(21)22-3)16-13(20)10-5-4-6-11(7-10)19-8-15-17-18-19/h4-9,12H,1-3H3,(H,16,20)/t12-/m1/s1. The van der Waals surface area contributed by atoms with Crippen molar-refractivity contribution >= 4 is 11.9 Å². The zero-order chi connectivity index (χ0) is 16.1. The topological polar surface area (TPSA) is 99.0 Å². The molecule has 0 saturated carbocycles. The molecule has 0 fully saturated rings. The summed E-state index contributed by atoms with van der Waals surface area (Å²) in [7, 11) is 1.29. The van der Waals surface area contributed by atoms with E-state index in [0.717, 1.165) is 0 Å². The number of esters is 1. The Morgan fingerprint density at radius 1 is 1.32 bits per heavy atom. The van der Waals surface area contributed by atoms with Gasteiger partial charge in [-0.25, -0.2) is 9.48 Å². The summed E-state index contributed by atoms with van der Waals surface area (Å²) in [4.78, 5) is 24.0. The Labute approximate surface area is 127 Å². The van der Waals surface area contributed by atoms with Gasteiger partial charge in [0, 0.05) is 5.56 Å². The van der Waals surface area contributed by atoms with Gasteiger partial charge in [-0.15, -0.1) is 5.10 Å². The predicted molar refractivity (Wildman–Crippen MR) is 77.3 cm³/mol. The molecule has 8 heteroatoms. The van der Waals surface area contributed by atoms with Crippen molar-refractivity contribution in [3.63, 3.8) is 0 Å². The van der Waals surface area contributed by atoms with Crippen molar-refractivity contribution < 1.29 is 14.3 Å². The number of hydrogen-bond acceptors (Lipinski definition) is 6. The van der Waals surface area contributed by atoms with Crippen molar-refractivity contribution in [3.05, 3.63) is 36.2 Å². The summed E-state index contributed by atoms with van der Waals surface area (Å²) in [5, 5.41) is 13.5. The molecule has 0 saturated heterocycles. The summed E-state index contributed by atoms with van der Waals surface area (Å²) in [5.41, 5.74) is 1.05. The van der Waals surface area contributed by atoms with Crippen LogP contribution in [0.3, 0.4) is 0 Å². The predicted octanol–water partition coefficient (Wildman–Crippen LogP) is 0.590. The Morgan fingerprint density at radius 3 is 2.68 bits per heavy atom. The molecule has 1 aromatic heterocycles. The molecule has 0 unspecified atom stereocenters. The molecule has 1 amide bonds. The number of carbonyl (C=O) groups excluding carboxylic acids is 2. The van der Waals surface area contributed by atoms with Gasteiger partial charge in [-0.2, -0.15) is 0 Å². The van der Waals surface area contributed by atoms with Crippen LogP contribution in [0.2, 0.25) is 0 Å². The monoisotopic (exact) mass is 303 g/mol. The van der Waals surface area contributed by atoms with Crippen LogP contribution in [0.5, 0.6) is 0 Å². The van der Waals surface area contributed by atoms with Gasteiger partial charge in [0.15, 0.2) is 0 Å². The zero-order valence-corrected chi connectivity index (χ0v) is 12.6. The van der Waals surface area contributed by atoms with Crippen molar-refractivity contribution in [2.24, 2.45) is 5.92 Å². The number of hydrogen-bond donors (Lipinski definition) is 1. The van der Waals surface area contributed by atoms with Crippen LogP contribution >= 0.6 is 0 Å². The van der Waals surface area contributed by atoms with Gasteiger partial charge < -0.3 is 10.1 Å². The van der Waals surface area contributed by atoms with Crippen LogP contribution in [-0.4, -0.2) is 45.2 Å². The first-order chi connectivity index (χ1) is 10.5. The minimum absolute atomic E-state index is 0.0842. The quantitative estimate of drug-likeness (QED) is 0.812. The third kappa shape index (κ3) is 3.46. The summed E-state index contributed by atoms with van der Waals surface area (Å²) in [5.74, 6) is -0.918. The second-order valence-corrected chi connectivity index (χ2v) is 5.02. The largest absolute Gasteiger partial charge is 0.467 e. The third-order valence-electron chi connectivity index (χ3n) is 3.13. The van der Waals surface area contributed by atoms with E-state index in [1.807, 2.05) is 13.8 Å². The second kappa shape index (κ2) is 6.79. The van der Waals surface area contributed by atoms with E-state index in [-0.39, 0.29) is 11.8 Å². The van der Waals surface area contributed by atoms with E-state index < -0.39 is 12.0 Å². The summed E-state index contributed by atoms with van der Waals surface area (Å²) >= 11 is 0. The summed E-state index contributed by atoms with van der Waals surface area (Å²) in [6, 6.07) is 6.08. The number of rotatable bonds is 5. The van der Waals surface area contributed by atoms with Crippen LogP contribution in [0.4, 0.5) is 0 Å². The number of methoxy groups -OCH3 is 1. The second-order valence-electron chi connectivity index (χ2n) is 5.02. The van der Waals surface area contributed by atoms with E-state index in [2.05, 4.69) is 20.8 Å². The van der Waals surface area contributed by atoms with Crippen molar-refractivity contribution in [3.8, 4) is 5.69 Å². The third-order valence-corrected chi connectivity index (χ3v) is 3.13. The number of ether oxygens (including phenoxy) is 1. The highest BCUT2D eigenvalue weighted by molar-refractivity contribution is 5.97. The number of benzene rings is 1. The molecule has 1 heterocycles. The molecule has 1 aromatic carbocycles. The first kappa shape index (κ1) is 15.6. The van der Waals surface area contributed by atoms with Crippen LogP contribution < -0.4 is 5.32 Å². The Kier molecular flexibility index (Phi) is 4.82. The molecular weight excluding hydrogens is 286 g/mol. The van der Waals surface area contributed by atoms with Gasteiger partial charge in [0.25, 0.3) is 5.91 Å². The lowest BCUT2D eigenvalue weighted by atomic mass is 10.0. The highest BCUT2D eigenvalue weighted by atomic mass is 16.5. The summed E-state index contributed by atoms with van der Waals surface area (Å²) in [6.07, 6.45) is 1.43. The number of nitrogens with zero attached hydrogens (tertiary/aromatic N) is 4. The zero-order valence-electron chi connectivity index (χ0n) is 12.6. The molecular formula is C14H17N5O3. The van der Waals surface area contributed by atoms with Crippen LogP contribution in [-0.2, 0) is 9.53 Å². The molecule has 0 aliphatic heterocycles. The molecule has 116 valence electrons. The lowest BCUT2D eigenvalue weighted by Gasteiger charge is -2.19. The van der Waals surface area contributed by atoms with E-state index in [1.165, 1.54) is 18.1 Å². The van der Waals surface area contributed by atoms with Crippen molar-refractivity contribution in [2.45, 2.75) is 19.9 Å². The SMILES string of the molecule is COC(=O)[C@H](NC(=O)c1cccc(-n2cnnn2)c1)C(C)C. The maximum absolute atomic E-state index is 12.3. The van der Waals surface area contributed by atoms with Crippen LogP contribution in [0, 0.1) is 5.92 Å². The molecule has 0 aliphatic rings. The fraction of sp³-hybridized carbons (Fsp3) is 0.357. The number of nitrogens with one attached hydrogen (secondary N) is 1. The number of tetrazole rings is 1. The number of amides is 1. The Hall–Kier alpha value is -2.77. The molecule has 2 rings (SSSR count). The Bertz CT molecular complexity index is 654. The fourth-order valence-electron chi connectivity index (χ4n) is 1.92. The summed E-state index contributed by atoms with van der Waals surface area (Å²) < 4.78 is 6.15. The lowest BCUT2D eigenvalue weighted by Crippen LogP contribution is -2.45. The molecule has 2 aromatic rings. The first-order valence-corrected chi connectivity index (χ1v) is 6.75. The molecule has 1 N–H and O–H groups in total. The minimum atomic E-state index is -0.700. The van der Waals surface area contributed by atoms with Crippen molar-refractivity contribution in [1.29, 1.82) is 0 Å². The maximum atomic E-state index is 12.3. The van der Waals surface area contributed by atoms with E-state index >= 15 is 0 Å². The number of carbonyl (C=O) groups is 2. The first-order valence-electron chi connectivity index (χ1n) is 6.75. The van der Waals surface area contributed by atoms with E-state index in [4.69, 9.17) is 4.74 Å². The van der Waals surface area contributed by atoms with Gasteiger partial charge in [-0.1, -0.05) is 19.9 Å². The van der Waals surface area contributed by atoms with Crippen LogP contribution in [0.25, 0.3) is 5.69 Å². The van der Waals surface area contributed by atoms with Crippen LogP contribution in [0.15, 0.2) is 30.6 Å². The average molecular weight is 303 g/mol. The lowest BCUT2D eigenvalue weighted by molar-refractivity contribution is -0.144. The molecule has 1 atom stereocenters. The van der Waals surface area contributed by atoms with Gasteiger partial charge in [0.1, 0.15) is 12.4 Å². The molecule has 0 bridgehead atoms. The van der Waals surface area contributed by atoms with E-state index in [9.17, 15) is 9.59 Å². The molecule has 0 aliphatic carbocycles. The maximum Gasteiger partial charge on any atom is 0.328 e.